The van der Waals surface area contributed by atoms with E-state index in [1.165, 1.54) is 13.4 Å². The van der Waals surface area contributed by atoms with Crippen molar-refractivity contribution in [2.75, 3.05) is 12.8 Å². The van der Waals surface area contributed by atoms with Crippen LogP contribution in [0.4, 0.5) is 10.6 Å². The Balaban J connectivity index is 1.56. The lowest BCUT2D eigenvalue weighted by Crippen LogP contribution is -2.42. The van der Waals surface area contributed by atoms with E-state index < -0.39 is 17.7 Å². The van der Waals surface area contributed by atoms with Crippen molar-refractivity contribution in [1.29, 1.82) is 0 Å². The highest BCUT2D eigenvalue weighted by molar-refractivity contribution is 5.97. The van der Waals surface area contributed by atoms with Gasteiger partial charge < -0.3 is 25.3 Å². The minimum Gasteiger partial charge on any atom is -0.490 e. The molecular weight excluding hydrogens is 460 g/mol. The number of aromatic nitrogens is 2. The van der Waals surface area contributed by atoms with Gasteiger partial charge in [0.15, 0.2) is 0 Å². The number of nitrogens with zero attached hydrogens (tertiary/aromatic N) is 2. The highest BCUT2D eigenvalue weighted by atomic mass is 16.6. The molecule has 1 amide bonds. The molecule has 1 heterocycles. The molecule has 0 atom stereocenters. The lowest BCUT2D eigenvalue weighted by molar-refractivity contribution is 0.0465. The van der Waals surface area contributed by atoms with E-state index in [0.29, 0.717) is 23.6 Å². The van der Waals surface area contributed by atoms with Gasteiger partial charge in [-0.15, -0.1) is 0 Å². The number of alkyl carbamates (subject to hydrolysis) is 1. The van der Waals surface area contributed by atoms with Gasteiger partial charge in [0.05, 0.1) is 18.9 Å². The van der Waals surface area contributed by atoms with Crippen molar-refractivity contribution >= 4 is 17.9 Å². The molecule has 0 bridgehead atoms. The molecule has 2 aliphatic rings. The van der Waals surface area contributed by atoms with Crippen LogP contribution in [0.25, 0.3) is 11.3 Å². The van der Waals surface area contributed by atoms with E-state index in [4.69, 9.17) is 19.9 Å². The van der Waals surface area contributed by atoms with Gasteiger partial charge in [0.2, 0.25) is 0 Å². The third-order valence-corrected chi connectivity index (χ3v) is 6.78. The van der Waals surface area contributed by atoms with Crippen LogP contribution in [0.3, 0.4) is 0 Å². The number of anilines is 1. The van der Waals surface area contributed by atoms with E-state index in [1.54, 1.807) is 0 Å². The molecule has 4 rings (SSSR count). The maximum absolute atomic E-state index is 13.0. The summed E-state index contributed by atoms with van der Waals surface area (Å²) in [6.45, 7) is 9.67. The lowest BCUT2D eigenvalue weighted by Gasteiger charge is -2.35. The summed E-state index contributed by atoms with van der Waals surface area (Å²) in [5.74, 6) is 0.515. The van der Waals surface area contributed by atoms with E-state index in [9.17, 15) is 9.59 Å². The molecule has 9 heteroatoms. The van der Waals surface area contributed by atoms with Crippen LogP contribution in [0.2, 0.25) is 0 Å². The number of rotatable bonds is 4. The number of carbonyl (C=O) groups excluding carboxylic acids is 2. The lowest BCUT2D eigenvalue weighted by atomic mass is 9.70. The van der Waals surface area contributed by atoms with Crippen molar-refractivity contribution in [2.45, 2.75) is 89.9 Å². The molecule has 1 fully saturated rings. The van der Waals surface area contributed by atoms with E-state index >= 15 is 0 Å². The molecule has 36 heavy (non-hydrogen) atoms. The quantitative estimate of drug-likeness (QED) is 0.590. The Hall–Kier alpha value is -3.36. The molecule has 3 N–H and O–H groups in total. The van der Waals surface area contributed by atoms with Crippen LogP contribution in [-0.4, -0.2) is 46.9 Å². The van der Waals surface area contributed by atoms with Gasteiger partial charge in [-0.2, -0.15) is 0 Å². The van der Waals surface area contributed by atoms with Gasteiger partial charge in [0.25, 0.3) is 0 Å². The van der Waals surface area contributed by atoms with Crippen LogP contribution >= 0.6 is 0 Å². The van der Waals surface area contributed by atoms with E-state index in [2.05, 4.69) is 29.1 Å². The summed E-state index contributed by atoms with van der Waals surface area (Å²) < 4.78 is 16.9. The topological polar surface area (TPSA) is 126 Å². The average molecular weight is 497 g/mol. The number of esters is 1. The van der Waals surface area contributed by atoms with Gasteiger partial charge in [-0.05, 0) is 76.0 Å². The Morgan fingerprint density at radius 3 is 2.44 bits per heavy atom. The van der Waals surface area contributed by atoms with Crippen LogP contribution in [0.15, 0.2) is 18.5 Å². The van der Waals surface area contributed by atoms with Crippen molar-refractivity contribution in [3.05, 3.63) is 35.2 Å². The third-order valence-electron chi connectivity index (χ3n) is 6.78. The summed E-state index contributed by atoms with van der Waals surface area (Å²) in [7, 11) is 1.38. The van der Waals surface area contributed by atoms with E-state index in [0.717, 1.165) is 48.1 Å². The zero-order chi connectivity index (χ0) is 26.3. The average Bonchev–Trinajstić information content (AvgIpc) is 2.78. The van der Waals surface area contributed by atoms with Crippen LogP contribution in [0.1, 0.15) is 81.8 Å². The number of methoxy groups -OCH3 is 1. The minimum atomic E-state index is -0.534. The Morgan fingerprint density at radius 2 is 1.81 bits per heavy atom. The minimum absolute atomic E-state index is 0.0331. The first kappa shape index (κ1) is 25.7. The number of hydrogen-bond acceptors (Lipinski definition) is 8. The zero-order valence-corrected chi connectivity index (χ0v) is 21.9. The van der Waals surface area contributed by atoms with Gasteiger partial charge in [-0.1, -0.05) is 13.8 Å². The number of benzene rings is 1. The molecule has 194 valence electrons. The van der Waals surface area contributed by atoms with Crippen LogP contribution in [0, 0.1) is 0 Å². The second kappa shape index (κ2) is 9.59. The number of carbonyl (C=O) groups is 2. The second-order valence-corrected chi connectivity index (χ2v) is 11.2. The fraction of sp³-hybridized carbons (Fsp3) is 0.556. The normalized spacial score (nSPS) is 20.5. The molecule has 2 aliphatic carbocycles. The second-order valence-electron chi connectivity index (χ2n) is 11.2. The number of ether oxygens (including phenoxy) is 3. The molecule has 0 aliphatic heterocycles. The number of fused-ring (bicyclic) bond motifs is 3. The van der Waals surface area contributed by atoms with E-state index in [1.807, 2.05) is 32.9 Å². The van der Waals surface area contributed by atoms with Gasteiger partial charge in [0, 0.05) is 17.2 Å². The van der Waals surface area contributed by atoms with Gasteiger partial charge >= 0.3 is 12.1 Å². The molecule has 0 spiro atoms. The Bertz CT molecular complexity index is 1160. The van der Waals surface area contributed by atoms with Gasteiger partial charge in [0.1, 0.15) is 29.1 Å². The van der Waals surface area contributed by atoms with Crippen molar-refractivity contribution in [2.24, 2.45) is 0 Å². The monoisotopic (exact) mass is 496 g/mol. The number of nitrogens with two attached hydrogens (primary N) is 1. The van der Waals surface area contributed by atoms with Crippen molar-refractivity contribution < 1.29 is 23.8 Å². The van der Waals surface area contributed by atoms with Crippen molar-refractivity contribution in [3.8, 4) is 17.0 Å². The van der Waals surface area contributed by atoms with Crippen LogP contribution in [0.5, 0.6) is 5.75 Å². The fourth-order valence-corrected chi connectivity index (χ4v) is 5.24. The zero-order valence-electron chi connectivity index (χ0n) is 21.9. The first-order chi connectivity index (χ1) is 16.9. The summed E-state index contributed by atoms with van der Waals surface area (Å²) in [6.07, 6.45) is 4.56. The highest BCUT2D eigenvalue weighted by Gasteiger charge is 2.38. The predicted octanol–water partition coefficient (Wildman–Crippen LogP) is 4.56. The number of nitrogens with one attached hydrogen (secondary N) is 1. The smallest absolute Gasteiger partial charge is 0.407 e. The van der Waals surface area contributed by atoms with Gasteiger partial charge in [-0.25, -0.2) is 19.6 Å². The number of hydrogen-bond donors (Lipinski definition) is 2. The van der Waals surface area contributed by atoms with Crippen molar-refractivity contribution in [1.82, 2.24) is 15.3 Å². The molecule has 1 aromatic carbocycles. The SMILES string of the molecule is COC(=O)c1c(O[C@H]2CC[C@H](NC(=O)OC(C)(C)C)CC2)ccc2c1CC(C)(C)c1c(N)ncnc1-2. The molecule has 0 unspecified atom stereocenters. The largest absolute Gasteiger partial charge is 0.490 e. The molecule has 0 saturated heterocycles. The molecule has 9 nitrogen and oxygen atoms in total. The first-order valence-electron chi connectivity index (χ1n) is 12.4. The summed E-state index contributed by atoms with van der Waals surface area (Å²) >= 11 is 0. The third kappa shape index (κ3) is 5.24. The molecule has 1 saturated carbocycles. The Labute approximate surface area is 212 Å². The van der Waals surface area contributed by atoms with Crippen LogP contribution < -0.4 is 15.8 Å². The summed E-state index contributed by atoms with van der Waals surface area (Å²) in [5, 5.41) is 2.95. The number of amides is 1. The van der Waals surface area contributed by atoms with Gasteiger partial charge in [-0.3, -0.25) is 0 Å². The fourth-order valence-electron chi connectivity index (χ4n) is 5.24. The maximum atomic E-state index is 13.0. The Kier molecular flexibility index (Phi) is 6.86. The first-order valence-corrected chi connectivity index (χ1v) is 12.4. The maximum Gasteiger partial charge on any atom is 0.407 e. The molecule has 0 radical (unpaired) electrons. The van der Waals surface area contributed by atoms with Crippen LogP contribution in [-0.2, 0) is 21.3 Å². The number of nitrogen functional groups attached to an aromatic ring is 1. The summed E-state index contributed by atoms with van der Waals surface area (Å²) in [4.78, 5) is 33.8. The standard InChI is InChI=1S/C27H36N4O5/c1-26(2,3)36-25(33)31-15-7-9-16(10-8-15)35-19-12-11-17-18(20(19)24(32)34-6)13-27(4,5)21-22(17)29-14-30-23(21)28/h11-12,14-16H,7-10,13H2,1-6H3,(H,31,33)(H2,28,29,30)/t15-,16-. The summed E-state index contributed by atoms with van der Waals surface area (Å²) in [6, 6.07) is 3.79. The van der Waals surface area contributed by atoms with Crippen molar-refractivity contribution in [3.63, 3.8) is 0 Å². The summed E-state index contributed by atoms with van der Waals surface area (Å²) in [5.41, 5.74) is 9.05. The molecule has 1 aromatic heterocycles. The Morgan fingerprint density at radius 1 is 1.11 bits per heavy atom. The molecule has 2 aromatic rings. The molecular formula is C27H36N4O5. The highest BCUT2D eigenvalue weighted by Crippen LogP contribution is 2.47. The van der Waals surface area contributed by atoms with E-state index in [-0.39, 0.29) is 17.6 Å². The predicted molar refractivity (Wildman–Crippen MR) is 136 cm³/mol.